The van der Waals surface area contributed by atoms with Crippen molar-refractivity contribution < 1.29 is 0 Å². The first-order valence-electron chi connectivity index (χ1n) is 12.5. The van der Waals surface area contributed by atoms with Gasteiger partial charge in [0.25, 0.3) is 0 Å². The van der Waals surface area contributed by atoms with Gasteiger partial charge in [0, 0.05) is 59.6 Å². The summed E-state index contributed by atoms with van der Waals surface area (Å²) in [6.45, 7) is 3.21. The zero-order valence-electron chi connectivity index (χ0n) is 20.4. The molecule has 37 heavy (non-hydrogen) atoms. The molecule has 5 N–H and O–H groups in total. The predicted octanol–water partition coefficient (Wildman–Crippen LogP) is 4.50. The predicted molar refractivity (Wildman–Crippen MR) is 148 cm³/mol. The molecule has 6 rings (SSSR count). The van der Waals surface area contributed by atoms with E-state index in [4.69, 9.17) is 11.1 Å². The molecule has 0 aromatic carbocycles. The highest BCUT2D eigenvalue weighted by atomic mass is 15.1. The van der Waals surface area contributed by atoms with Gasteiger partial charge in [0.2, 0.25) is 0 Å². The average molecular weight is 489 g/mol. The molecular weight excluding hydrogens is 460 g/mol. The molecular formula is C29H28N8. The Kier molecular flexibility index (Phi) is 6.08. The fourth-order valence-electron chi connectivity index (χ4n) is 4.92. The van der Waals surface area contributed by atoms with Gasteiger partial charge in [-0.1, -0.05) is 6.07 Å². The van der Waals surface area contributed by atoms with Crippen LogP contribution in [0.4, 0.5) is 5.82 Å². The third-order valence-electron chi connectivity index (χ3n) is 6.82. The molecule has 184 valence electrons. The van der Waals surface area contributed by atoms with Crippen molar-refractivity contribution in [3.63, 3.8) is 0 Å². The summed E-state index contributed by atoms with van der Waals surface area (Å²) in [7, 11) is 0. The normalized spacial score (nSPS) is 15.8. The molecule has 0 amide bonds. The molecule has 2 aliphatic heterocycles. The number of anilines is 1. The molecule has 0 aliphatic carbocycles. The summed E-state index contributed by atoms with van der Waals surface area (Å²) < 4.78 is 0. The first-order valence-corrected chi connectivity index (χ1v) is 12.5. The maximum atomic E-state index is 9.01. The summed E-state index contributed by atoms with van der Waals surface area (Å²) in [5, 5.41) is 13.1. The molecule has 4 aromatic rings. The number of aromatic nitrogens is 4. The molecule has 0 unspecified atom stereocenters. The number of aromatic amines is 1. The SMILES string of the molecule is N=C(c1cc2c(-c3ccccn3)nccc2[nH]1)c1cc(C2=CNC=CC(CN3CCCC3)=C2)cnc1N. The average Bonchev–Trinajstić information content (AvgIpc) is 3.54. The second-order valence-electron chi connectivity index (χ2n) is 9.35. The van der Waals surface area contributed by atoms with Crippen molar-refractivity contribution in [2.45, 2.75) is 12.8 Å². The van der Waals surface area contributed by atoms with E-state index in [2.05, 4.69) is 42.3 Å². The standard InChI is InChI=1S/C29H28N8/c30-27(26-15-22-24(36-26)7-10-34-28(22)25-5-1-2-8-33-25)23-14-21(17-35-29(23)31)20-13-19(6-9-32-16-20)18-37-11-3-4-12-37/h1-2,5-10,13-17,30,32,36H,3-4,11-12,18H2,(H2,31,35). The van der Waals surface area contributed by atoms with Gasteiger partial charge in [-0.15, -0.1) is 0 Å². The molecule has 2 aliphatic rings. The van der Waals surface area contributed by atoms with Crippen LogP contribution in [0, 0.1) is 5.41 Å². The van der Waals surface area contributed by atoms with E-state index < -0.39 is 0 Å². The van der Waals surface area contributed by atoms with E-state index in [-0.39, 0.29) is 5.71 Å². The lowest BCUT2D eigenvalue weighted by atomic mass is 10.0. The Bertz CT molecular complexity index is 1560. The summed E-state index contributed by atoms with van der Waals surface area (Å²) in [5.41, 5.74) is 13.3. The minimum atomic E-state index is 0.275. The van der Waals surface area contributed by atoms with E-state index in [1.54, 1.807) is 18.6 Å². The second-order valence-corrected chi connectivity index (χ2v) is 9.35. The quantitative estimate of drug-likeness (QED) is 0.297. The van der Waals surface area contributed by atoms with E-state index >= 15 is 0 Å². The first kappa shape index (κ1) is 22.9. The molecule has 0 bridgehead atoms. The Morgan fingerprint density at radius 3 is 2.78 bits per heavy atom. The smallest absolute Gasteiger partial charge is 0.132 e. The van der Waals surface area contributed by atoms with Gasteiger partial charge in [0.15, 0.2) is 0 Å². The highest BCUT2D eigenvalue weighted by molar-refractivity contribution is 6.15. The fraction of sp³-hybridized carbons (Fsp3) is 0.172. The van der Waals surface area contributed by atoms with Crippen LogP contribution in [-0.4, -0.2) is 50.2 Å². The van der Waals surface area contributed by atoms with Crippen molar-refractivity contribution in [2.24, 2.45) is 0 Å². The number of nitrogens with two attached hydrogens (primary N) is 1. The number of pyridine rings is 3. The van der Waals surface area contributed by atoms with Gasteiger partial charge < -0.3 is 16.0 Å². The van der Waals surface area contributed by atoms with Crippen LogP contribution in [0.5, 0.6) is 0 Å². The van der Waals surface area contributed by atoms with Gasteiger partial charge in [0.1, 0.15) is 5.82 Å². The van der Waals surface area contributed by atoms with Gasteiger partial charge in [-0.3, -0.25) is 20.3 Å². The monoisotopic (exact) mass is 488 g/mol. The number of hydrogen-bond donors (Lipinski definition) is 4. The summed E-state index contributed by atoms with van der Waals surface area (Å²) in [5.74, 6) is 0.317. The summed E-state index contributed by atoms with van der Waals surface area (Å²) >= 11 is 0. The van der Waals surface area contributed by atoms with Gasteiger partial charge in [-0.2, -0.15) is 0 Å². The molecule has 1 saturated heterocycles. The van der Waals surface area contributed by atoms with Gasteiger partial charge in [-0.05, 0) is 79.6 Å². The van der Waals surface area contributed by atoms with Crippen LogP contribution in [0.2, 0.25) is 0 Å². The van der Waals surface area contributed by atoms with E-state index in [0.717, 1.165) is 53.1 Å². The molecule has 8 nitrogen and oxygen atoms in total. The third kappa shape index (κ3) is 4.66. The minimum Gasteiger partial charge on any atom is -0.383 e. The minimum absolute atomic E-state index is 0.275. The number of allylic oxidation sites excluding steroid dienone is 2. The Hall–Kier alpha value is -4.56. The first-order chi connectivity index (χ1) is 18.2. The Morgan fingerprint density at radius 2 is 1.95 bits per heavy atom. The highest BCUT2D eigenvalue weighted by Crippen LogP contribution is 2.28. The molecule has 4 aromatic heterocycles. The van der Waals surface area contributed by atoms with Crippen LogP contribution in [0.1, 0.15) is 29.7 Å². The molecule has 6 heterocycles. The maximum Gasteiger partial charge on any atom is 0.132 e. The summed E-state index contributed by atoms with van der Waals surface area (Å²) in [4.78, 5) is 19.3. The molecule has 8 heteroatoms. The zero-order chi connectivity index (χ0) is 25.2. The van der Waals surface area contributed by atoms with Crippen molar-refractivity contribution >= 4 is 28.0 Å². The third-order valence-corrected chi connectivity index (χ3v) is 6.82. The van der Waals surface area contributed by atoms with Crippen molar-refractivity contribution in [2.75, 3.05) is 25.4 Å². The number of likely N-dealkylation sites (tertiary alicyclic amines) is 1. The fourth-order valence-corrected chi connectivity index (χ4v) is 4.92. The highest BCUT2D eigenvalue weighted by Gasteiger charge is 2.18. The van der Waals surface area contributed by atoms with Crippen LogP contribution < -0.4 is 11.1 Å². The lowest BCUT2D eigenvalue weighted by Gasteiger charge is -2.15. The van der Waals surface area contributed by atoms with Crippen LogP contribution in [0.25, 0.3) is 27.9 Å². The molecule has 0 saturated carbocycles. The number of fused-ring (bicyclic) bond motifs is 1. The van der Waals surface area contributed by atoms with E-state index in [9.17, 15) is 0 Å². The number of rotatable bonds is 6. The number of hydrogen-bond acceptors (Lipinski definition) is 7. The van der Waals surface area contributed by atoms with Crippen molar-refractivity contribution in [3.8, 4) is 11.4 Å². The maximum absolute atomic E-state index is 9.01. The van der Waals surface area contributed by atoms with Gasteiger partial charge in [0.05, 0.1) is 22.8 Å². The van der Waals surface area contributed by atoms with Crippen molar-refractivity contribution in [3.05, 3.63) is 102 Å². The number of nitrogens with one attached hydrogen (secondary N) is 3. The topological polar surface area (TPSA) is 120 Å². The molecule has 0 radical (unpaired) electrons. The Morgan fingerprint density at radius 1 is 1.05 bits per heavy atom. The molecule has 0 atom stereocenters. The molecule has 1 fully saturated rings. The summed E-state index contributed by atoms with van der Waals surface area (Å²) in [6, 6.07) is 11.5. The van der Waals surface area contributed by atoms with Crippen molar-refractivity contribution in [1.82, 2.24) is 30.2 Å². The number of nitrogens with zero attached hydrogens (tertiary/aromatic N) is 4. The largest absolute Gasteiger partial charge is 0.383 e. The van der Waals surface area contributed by atoms with E-state index in [1.807, 2.05) is 48.8 Å². The van der Waals surface area contributed by atoms with Crippen LogP contribution in [-0.2, 0) is 0 Å². The summed E-state index contributed by atoms with van der Waals surface area (Å²) in [6.07, 6.45) is 16.0. The van der Waals surface area contributed by atoms with E-state index in [1.165, 1.54) is 18.4 Å². The zero-order valence-corrected chi connectivity index (χ0v) is 20.4. The van der Waals surface area contributed by atoms with Crippen LogP contribution in [0.15, 0.2) is 85.1 Å². The van der Waals surface area contributed by atoms with Crippen LogP contribution >= 0.6 is 0 Å². The van der Waals surface area contributed by atoms with Crippen molar-refractivity contribution in [1.29, 1.82) is 5.41 Å². The van der Waals surface area contributed by atoms with Gasteiger partial charge in [-0.25, -0.2) is 4.98 Å². The Labute approximate surface area is 215 Å². The van der Waals surface area contributed by atoms with Crippen LogP contribution in [0.3, 0.4) is 0 Å². The number of nitrogen functional groups attached to an aromatic ring is 1. The van der Waals surface area contributed by atoms with Gasteiger partial charge >= 0.3 is 0 Å². The lowest BCUT2D eigenvalue weighted by molar-refractivity contribution is 0.371. The second kappa shape index (κ2) is 9.83. The Balaban J connectivity index is 1.33. The lowest BCUT2D eigenvalue weighted by Crippen LogP contribution is -2.21. The number of H-pyrrole nitrogens is 1. The van der Waals surface area contributed by atoms with E-state index in [0.29, 0.717) is 17.1 Å². The molecule has 0 spiro atoms.